The van der Waals surface area contributed by atoms with Crippen LogP contribution in [0.4, 0.5) is 5.82 Å². The first-order valence-corrected chi connectivity index (χ1v) is 12.2. The summed E-state index contributed by atoms with van der Waals surface area (Å²) in [5.41, 5.74) is 2.70. The zero-order valence-electron chi connectivity index (χ0n) is 21.0. The zero-order valence-corrected chi connectivity index (χ0v) is 21.0. The first-order chi connectivity index (χ1) is 18.2. The fourth-order valence-corrected chi connectivity index (χ4v) is 4.46. The summed E-state index contributed by atoms with van der Waals surface area (Å²) in [6.45, 7) is 2.43. The molecule has 0 fully saturated rings. The molecule has 4 aromatic rings. The molecule has 1 aliphatic heterocycles. The van der Waals surface area contributed by atoms with Crippen LogP contribution in [0.3, 0.4) is 0 Å². The number of imidazole rings is 1. The van der Waals surface area contributed by atoms with Crippen LogP contribution >= 0.6 is 0 Å². The van der Waals surface area contributed by atoms with Gasteiger partial charge in [0.25, 0.3) is 5.91 Å². The normalized spacial score (nSPS) is 12.9. The van der Waals surface area contributed by atoms with Gasteiger partial charge in [0.1, 0.15) is 18.2 Å². The number of methoxy groups -OCH3 is 2. The van der Waals surface area contributed by atoms with Gasteiger partial charge in [0.15, 0.2) is 23.0 Å². The first kappa shape index (κ1) is 24.2. The lowest BCUT2D eigenvalue weighted by Crippen LogP contribution is -2.33. The lowest BCUT2D eigenvalue weighted by molar-refractivity contribution is 0.0744. The Bertz CT molecular complexity index is 1360. The molecule has 37 heavy (non-hydrogen) atoms. The van der Waals surface area contributed by atoms with Crippen molar-refractivity contribution in [3.05, 3.63) is 102 Å². The minimum Gasteiger partial charge on any atom is -0.493 e. The molecule has 0 saturated carbocycles. The Morgan fingerprint density at radius 2 is 1.54 bits per heavy atom. The highest BCUT2D eigenvalue weighted by Gasteiger charge is 2.30. The summed E-state index contributed by atoms with van der Waals surface area (Å²) in [5, 5.41) is 3.36. The predicted octanol–water partition coefficient (Wildman–Crippen LogP) is 4.60. The number of nitrogens with zero attached hydrogens (tertiary/aromatic N) is 3. The molecular formula is C29H30N4O4. The molecule has 0 radical (unpaired) electrons. The Morgan fingerprint density at radius 1 is 0.865 bits per heavy atom. The van der Waals surface area contributed by atoms with Crippen LogP contribution in [0.1, 0.15) is 27.4 Å². The van der Waals surface area contributed by atoms with Crippen molar-refractivity contribution in [1.29, 1.82) is 0 Å². The number of ether oxygens (including phenoxy) is 3. The lowest BCUT2D eigenvalue weighted by Gasteiger charge is -2.22. The maximum atomic E-state index is 13.8. The minimum absolute atomic E-state index is 0.0512. The van der Waals surface area contributed by atoms with Gasteiger partial charge >= 0.3 is 0 Å². The Kier molecular flexibility index (Phi) is 7.26. The fourth-order valence-electron chi connectivity index (χ4n) is 4.46. The third kappa shape index (κ3) is 5.38. The topological polar surface area (TPSA) is 77.9 Å². The molecule has 5 rings (SSSR count). The quantitative estimate of drug-likeness (QED) is 0.364. The maximum absolute atomic E-state index is 13.8. The average Bonchev–Trinajstić information content (AvgIpc) is 3.20. The molecule has 1 aromatic heterocycles. The van der Waals surface area contributed by atoms with Crippen LogP contribution in [0.15, 0.2) is 78.9 Å². The van der Waals surface area contributed by atoms with Crippen molar-refractivity contribution in [1.82, 2.24) is 14.5 Å². The molecule has 0 atom stereocenters. The van der Waals surface area contributed by atoms with Crippen molar-refractivity contribution < 1.29 is 19.0 Å². The summed E-state index contributed by atoms with van der Waals surface area (Å²) < 4.78 is 18.8. The van der Waals surface area contributed by atoms with E-state index >= 15 is 0 Å². The SMILES string of the molecule is COc1ccc(OCc2nc3c(n2Cc2ccccc2)C(=O)N(Cc2ccccc2)CCN3)cc1OC. The molecule has 0 bridgehead atoms. The number of hydrogen-bond acceptors (Lipinski definition) is 6. The van der Waals surface area contributed by atoms with Gasteiger partial charge in [-0.25, -0.2) is 4.98 Å². The van der Waals surface area contributed by atoms with Gasteiger partial charge in [0, 0.05) is 32.2 Å². The van der Waals surface area contributed by atoms with Crippen molar-refractivity contribution in [2.75, 3.05) is 32.6 Å². The number of nitrogens with one attached hydrogen (secondary N) is 1. The molecule has 1 N–H and O–H groups in total. The van der Waals surface area contributed by atoms with Gasteiger partial charge < -0.3 is 29.0 Å². The van der Waals surface area contributed by atoms with Gasteiger partial charge in [-0.05, 0) is 23.3 Å². The lowest BCUT2D eigenvalue weighted by atomic mass is 10.2. The number of amides is 1. The van der Waals surface area contributed by atoms with E-state index in [1.165, 1.54) is 0 Å². The van der Waals surface area contributed by atoms with Crippen molar-refractivity contribution in [2.45, 2.75) is 19.7 Å². The summed E-state index contributed by atoms with van der Waals surface area (Å²) >= 11 is 0. The van der Waals surface area contributed by atoms with Crippen molar-refractivity contribution >= 4 is 11.7 Å². The Balaban J connectivity index is 1.47. The van der Waals surface area contributed by atoms with E-state index < -0.39 is 0 Å². The standard InChI is InChI=1S/C29H30N4O4/c1-35-24-14-13-23(17-25(24)36-2)37-20-26-31-28-27(33(26)19-22-11-7-4-8-12-22)29(34)32(16-15-30-28)18-21-9-5-3-6-10-21/h3-14,17,30H,15-16,18-20H2,1-2H3. The summed E-state index contributed by atoms with van der Waals surface area (Å²) in [5.74, 6) is 3.02. The van der Waals surface area contributed by atoms with E-state index in [9.17, 15) is 4.79 Å². The average molecular weight is 499 g/mol. The monoisotopic (exact) mass is 498 g/mol. The number of rotatable bonds is 9. The van der Waals surface area contributed by atoms with Crippen LogP contribution in [0, 0.1) is 0 Å². The molecule has 3 aromatic carbocycles. The van der Waals surface area contributed by atoms with Gasteiger partial charge in [-0.2, -0.15) is 0 Å². The second kappa shape index (κ2) is 11.1. The number of aromatic nitrogens is 2. The second-order valence-electron chi connectivity index (χ2n) is 8.74. The highest BCUT2D eigenvalue weighted by molar-refractivity contribution is 5.98. The van der Waals surface area contributed by atoms with E-state index in [0.717, 1.165) is 11.1 Å². The molecule has 0 saturated heterocycles. The molecule has 2 heterocycles. The van der Waals surface area contributed by atoms with Gasteiger partial charge in [0.2, 0.25) is 0 Å². The van der Waals surface area contributed by atoms with Crippen LogP contribution in [-0.4, -0.2) is 47.7 Å². The van der Waals surface area contributed by atoms with Gasteiger partial charge in [0.05, 0.1) is 14.2 Å². The van der Waals surface area contributed by atoms with Crippen molar-refractivity contribution in [3.8, 4) is 17.2 Å². The Hall–Kier alpha value is -4.46. The summed E-state index contributed by atoms with van der Waals surface area (Å²) in [6, 6.07) is 25.5. The maximum Gasteiger partial charge on any atom is 0.274 e. The largest absolute Gasteiger partial charge is 0.493 e. The third-order valence-corrected chi connectivity index (χ3v) is 6.33. The predicted molar refractivity (Wildman–Crippen MR) is 141 cm³/mol. The van der Waals surface area contributed by atoms with E-state index in [2.05, 4.69) is 5.32 Å². The van der Waals surface area contributed by atoms with Gasteiger partial charge in [-0.1, -0.05) is 60.7 Å². The number of carbonyl (C=O) groups excluding carboxylic acids is 1. The smallest absolute Gasteiger partial charge is 0.274 e. The van der Waals surface area contributed by atoms with Crippen LogP contribution in [0.2, 0.25) is 0 Å². The molecule has 190 valence electrons. The summed E-state index contributed by atoms with van der Waals surface area (Å²) in [7, 11) is 3.18. The molecule has 1 aliphatic rings. The number of fused-ring (bicyclic) bond motifs is 1. The second-order valence-corrected chi connectivity index (χ2v) is 8.74. The van der Waals surface area contributed by atoms with Crippen LogP contribution in [-0.2, 0) is 19.7 Å². The molecule has 0 aliphatic carbocycles. The molecular weight excluding hydrogens is 468 g/mol. The number of anilines is 1. The van der Waals surface area contributed by atoms with Crippen LogP contribution < -0.4 is 19.5 Å². The van der Waals surface area contributed by atoms with E-state index in [4.69, 9.17) is 19.2 Å². The van der Waals surface area contributed by atoms with Crippen molar-refractivity contribution in [2.24, 2.45) is 0 Å². The number of benzene rings is 3. The fraction of sp³-hybridized carbons (Fsp3) is 0.241. The summed E-state index contributed by atoms with van der Waals surface area (Å²) in [6.07, 6.45) is 0. The highest BCUT2D eigenvalue weighted by atomic mass is 16.5. The van der Waals surface area contributed by atoms with Gasteiger partial charge in [-0.3, -0.25) is 4.79 Å². The first-order valence-electron chi connectivity index (χ1n) is 12.2. The van der Waals surface area contributed by atoms with Crippen LogP contribution in [0.25, 0.3) is 0 Å². The van der Waals surface area contributed by atoms with E-state index in [-0.39, 0.29) is 12.5 Å². The number of carbonyl (C=O) groups is 1. The molecule has 0 spiro atoms. The third-order valence-electron chi connectivity index (χ3n) is 6.33. The van der Waals surface area contributed by atoms with Crippen LogP contribution in [0.5, 0.6) is 17.2 Å². The van der Waals surface area contributed by atoms with E-state index in [1.54, 1.807) is 26.4 Å². The van der Waals surface area contributed by atoms with Crippen molar-refractivity contribution in [3.63, 3.8) is 0 Å². The Morgan fingerprint density at radius 3 is 2.22 bits per heavy atom. The van der Waals surface area contributed by atoms with E-state index in [1.807, 2.05) is 76.2 Å². The molecule has 1 amide bonds. The molecule has 0 unspecified atom stereocenters. The number of hydrogen-bond donors (Lipinski definition) is 1. The minimum atomic E-state index is -0.0512. The molecule has 8 nitrogen and oxygen atoms in total. The highest BCUT2D eigenvalue weighted by Crippen LogP contribution is 2.32. The zero-order chi connectivity index (χ0) is 25.6. The molecule has 8 heteroatoms. The summed E-state index contributed by atoms with van der Waals surface area (Å²) in [4.78, 5) is 20.5. The van der Waals surface area contributed by atoms with Gasteiger partial charge in [-0.15, -0.1) is 0 Å². The Labute approximate surface area is 216 Å². The van der Waals surface area contributed by atoms with E-state index in [0.29, 0.717) is 60.8 Å².